The van der Waals surface area contributed by atoms with E-state index in [4.69, 9.17) is 23.2 Å². The van der Waals surface area contributed by atoms with Crippen LogP contribution in [0.4, 0.5) is 0 Å². The van der Waals surface area contributed by atoms with Gasteiger partial charge in [0.1, 0.15) is 33.5 Å². The SMILES string of the molecule is c1cc(-c2nc(-c3ccc(-n4c5ccccc5c5ccc6oc7ccccc7c6c54)cc3)c3cc(-c4ccc(-n5c6ccccc6c6ccc7oc8ccccc8c7c65)cc4)ccc3n2)cc(-n2c3ccccc3c3ccc4oc5ccccc5c4c32)c1. The van der Waals surface area contributed by atoms with Crippen molar-refractivity contribution in [1.82, 2.24) is 23.7 Å². The number of nitrogens with zero attached hydrogens (tertiary/aromatic N) is 5. The second kappa shape index (κ2) is 17.8. The fourth-order valence-corrected chi connectivity index (χ4v) is 14.6. The largest absolute Gasteiger partial charge is 0.456 e. The summed E-state index contributed by atoms with van der Waals surface area (Å²) in [6, 6.07) is 97.1. The minimum atomic E-state index is 0.632. The predicted octanol–water partition coefficient (Wildman–Crippen LogP) is 21.6. The standard InChI is InChI=1S/C80H45N5O3/c1-7-22-64-53(16-1)56-37-41-70-73(59-19-4-10-25-67(59)86-70)77(56)83(64)50-33-28-46(29-34-50)48-32-40-63-62(45-48)76(47-30-35-51(36-31-47)84-65-23-8-2-17-54(65)57-38-42-71-74(78(57)84)60-20-5-11-26-68(60)87-71)82-80(81-63)49-14-13-15-52(44-49)85-66-24-9-3-18-55(66)58-39-43-72-75(79(58)85)61-21-6-12-27-69(61)88-72/h1-45H. The maximum absolute atomic E-state index is 6.50. The van der Waals surface area contributed by atoms with Crippen molar-refractivity contribution in [3.8, 4) is 50.8 Å². The Balaban J connectivity index is 0.769. The molecule has 0 amide bonds. The van der Waals surface area contributed by atoms with Crippen LogP contribution in [0.2, 0.25) is 0 Å². The van der Waals surface area contributed by atoms with Gasteiger partial charge in [-0.2, -0.15) is 0 Å². The lowest BCUT2D eigenvalue weighted by Gasteiger charge is -2.14. The fraction of sp³-hybridized carbons (Fsp3) is 0. The summed E-state index contributed by atoms with van der Waals surface area (Å²) in [5.74, 6) is 0.632. The van der Waals surface area contributed by atoms with E-state index in [1.807, 2.05) is 24.3 Å². The Morgan fingerprint density at radius 3 is 1.12 bits per heavy atom. The zero-order chi connectivity index (χ0) is 57.3. The van der Waals surface area contributed by atoms with Gasteiger partial charge in [-0.15, -0.1) is 0 Å². The molecular formula is C80H45N5O3. The number of fused-ring (bicyclic) bond motifs is 22. The van der Waals surface area contributed by atoms with Crippen LogP contribution in [-0.4, -0.2) is 23.7 Å². The highest BCUT2D eigenvalue weighted by molar-refractivity contribution is 6.27. The number of benzene rings is 13. The normalized spacial score (nSPS) is 12.3. The van der Waals surface area contributed by atoms with E-state index in [-0.39, 0.29) is 0 Å². The summed E-state index contributed by atoms with van der Waals surface area (Å²) < 4.78 is 26.6. The molecule has 0 aliphatic carbocycles. The molecule has 0 saturated carbocycles. The summed E-state index contributed by atoms with van der Waals surface area (Å²) in [4.78, 5) is 11.1. The second-order valence-electron chi connectivity index (χ2n) is 23.1. The van der Waals surface area contributed by atoms with Crippen LogP contribution in [0.25, 0.3) is 193 Å². The van der Waals surface area contributed by atoms with Gasteiger partial charge in [-0.05, 0) is 132 Å². The molecule has 0 unspecified atom stereocenters. The molecule has 0 N–H and O–H groups in total. The van der Waals surface area contributed by atoms with Crippen LogP contribution in [-0.2, 0) is 0 Å². The van der Waals surface area contributed by atoms with E-state index in [1.54, 1.807) is 0 Å². The predicted molar refractivity (Wildman–Crippen MR) is 361 cm³/mol. The van der Waals surface area contributed by atoms with Gasteiger partial charge in [0, 0.05) is 82.1 Å². The smallest absolute Gasteiger partial charge is 0.160 e. The van der Waals surface area contributed by atoms with E-state index in [9.17, 15) is 0 Å². The molecule has 0 spiro atoms. The summed E-state index contributed by atoms with van der Waals surface area (Å²) in [5, 5.41) is 14.6. The average molecular weight is 1120 g/mol. The third-order valence-electron chi connectivity index (χ3n) is 18.4. The Kier molecular flexibility index (Phi) is 9.57. The molecule has 88 heavy (non-hydrogen) atoms. The lowest BCUT2D eigenvalue weighted by molar-refractivity contribution is 0.669. The van der Waals surface area contributed by atoms with E-state index in [0.29, 0.717) is 5.82 Å². The van der Waals surface area contributed by atoms with Crippen molar-refractivity contribution in [2.24, 2.45) is 0 Å². The van der Waals surface area contributed by atoms with Gasteiger partial charge >= 0.3 is 0 Å². The van der Waals surface area contributed by atoms with Crippen molar-refractivity contribution in [3.05, 3.63) is 273 Å². The molecular weight excluding hydrogens is 1080 g/mol. The first kappa shape index (κ1) is 47.4. The Morgan fingerprint density at radius 2 is 0.648 bits per heavy atom. The Hall–Kier alpha value is -12.0. The van der Waals surface area contributed by atoms with Crippen molar-refractivity contribution in [1.29, 1.82) is 0 Å². The lowest BCUT2D eigenvalue weighted by Crippen LogP contribution is -1.99. The third-order valence-corrected chi connectivity index (χ3v) is 18.4. The molecule has 0 atom stereocenters. The van der Waals surface area contributed by atoms with Gasteiger partial charge in [0.05, 0.1) is 60.5 Å². The molecule has 0 saturated heterocycles. The zero-order valence-electron chi connectivity index (χ0n) is 46.9. The summed E-state index contributed by atoms with van der Waals surface area (Å²) in [5.41, 5.74) is 20.8. The summed E-state index contributed by atoms with van der Waals surface area (Å²) in [7, 11) is 0. The number of para-hydroxylation sites is 6. The first-order valence-electron chi connectivity index (χ1n) is 29.8. The molecule has 20 rings (SSSR count). The molecule has 0 aliphatic heterocycles. The minimum Gasteiger partial charge on any atom is -0.456 e. The van der Waals surface area contributed by atoms with E-state index in [0.717, 1.165) is 160 Å². The van der Waals surface area contributed by atoms with Gasteiger partial charge in [0.15, 0.2) is 5.82 Å². The first-order valence-corrected chi connectivity index (χ1v) is 29.8. The molecule has 0 radical (unpaired) electrons. The minimum absolute atomic E-state index is 0.632. The highest BCUT2D eigenvalue weighted by Crippen LogP contribution is 2.46. The van der Waals surface area contributed by atoms with Crippen molar-refractivity contribution in [3.63, 3.8) is 0 Å². The van der Waals surface area contributed by atoms with E-state index < -0.39 is 0 Å². The first-order chi connectivity index (χ1) is 43.6. The topological polar surface area (TPSA) is 80.0 Å². The molecule has 0 aliphatic rings. The van der Waals surface area contributed by atoms with Gasteiger partial charge in [-0.25, -0.2) is 9.97 Å². The van der Waals surface area contributed by atoms with E-state index in [2.05, 4.69) is 262 Å². The van der Waals surface area contributed by atoms with Gasteiger partial charge in [-0.3, -0.25) is 0 Å². The highest BCUT2D eigenvalue weighted by atomic mass is 16.3. The Morgan fingerprint density at radius 1 is 0.239 bits per heavy atom. The number of rotatable bonds is 6. The van der Waals surface area contributed by atoms with Gasteiger partial charge in [-0.1, -0.05) is 152 Å². The molecule has 8 nitrogen and oxygen atoms in total. The van der Waals surface area contributed by atoms with E-state index >= 15 is 0 Å². The number of hydrogen-bond donors (Lipinski definition) is 0. The van der Waals surface area contributed by atoms with Crippen LogP contribution in [0.15, 0.2) is 286 Å². The Bertz CT molecular complexity index is 6370. The third kappa shape index (κ3) is 6.62. The zero-order valence-corrected chi connectivity index (χ0v) is 46.9. The second-order valence-corrected chi connectivity index (χ2v) is 23.1. The summed E-state index contributed by atoms with van der Waals surface area (Å²) in [6.07, 6.45) is 0. The molecule has 13 aromatic carbocycles. The van der Waals surface area contributed by atoms with Crippen LogP contribution in [0.1, 0.15) is 0 Å². The van der Waals surface area contributed by atoms with Crippen molar-refractivity contribution in [2.75, 3.05) is 0 Å². The van der Waals surface area contributed by atoms with Crippen molar-refractivity contribution < 1.29 is 13.3 Å². The van der Waals surface area contributed by atoms with Crippen LogP contribution in [0.5, 0.6) is 0 Å². The number of hydrogen-bond acceptors (Lipinski definition) is 5. The maximum atomic E-state index is 6.50. The lowest BCUT2D eigenvalue weighted by atomic mass is 9.99. The molecule has 20 aromatic rings. The number of aromatic nitrogens is 5. The van der Waals surface area contributed by atoms with Gasteiger partial charge in [0.2, 0.25) is 0 Å². The van der Waals surface area contributed by atoms with Crippen LogP contribution >= 0.6 is 0 Å². The highest BCUT2D eigenvalue weighted by Gasteiger charge is 2.24. The van der Waals surface area contributed by atoms with Crippen LogP contribution in [0.3, 0.4) is 0 Å². The van der Waals surface area contributed by atoms with Crippen molar-refractivity contribution >= 4 is 142 Å². The molecule has 0 bridgehead atoms. The summed E-state index contributed by atoms with van der Waals surface area (Å²) in [6.45, 7) is 0. The van der Waals surface area contributed by atoms with Crippen molar-refractivity contribution in [2.45, 2.75) is 0 Å². The molecule has 7 aromatic heterocycles. The molecule has 8 heteroatoms. The van der Waals surface area contributed by atoms with Gasteiger partial charge < -0.3 is 27.0 Å². The molecule has 0 fully saturated rings. The maximum Gasteiger partial charge on any atom is 0.160 e. The van der Waals surface area contributed by atoms with E-state index in [1.165, 1.54) is 26.9 Å². The monoisotopic (exact) mass is 1120 g/mol. The van der Waals surface area contributed by atoms with Crippen LogP contribution in [0, 0.1) is 0 Å². The average Bonchev–Trinajstić information content (AvgIpc) is 1.72. The Labute approximate surface area is 500 Å². The van der Waals surface area contributed by atoms with Gasteiger partial charge in [0.25, 0.3) is 0 Å². The summed E-state index contributed by atoms with van der Waals surface area (Å²) >= 11 is 0. The fourth-order valence-electron chi connectivity index (χ4n) is 14.6. The quantitative estimate of drug-likeness (QED) is 0.166. The number of furan rings is 3. The van der Waals surface area contributed by atoms with Crippen LogP contribution < -0.4 is 0 Å². The molecule has 7 heterocycles. The molecule has 408 valence electrons.